The summed E-state index contributed by atoms with van der Waals surface area (Å²) in [5, 5.41) is 8.88. The Morgan fingerprint density at radius 1 is 1.13 bits per heavy atom. The molecule has 0 aromatic heterocycles. The molecule has 0 saturated carbocycles. The van der Waals surface area contributed by atoms with Crippen LogP contribution in [0.1, 0.15) is 15.9 Å². The predicted molar refractivity (Wildman–Crippen MR) is 88.8 cm³/mol. The highest BCUT2D eigenvalue weighted by atomic mass is 79.9. The molecule has 0 aliphatic carbocycles. The monoisotopic (exact) mass is 376 g/mol. The first-order valence-corrected chi connectivity index (χ1v) is 7.35. The zero-order chi connectivity index (χ0) is 16.8. The van der Waals surface area contributed by atoms with Crippen LogP contribution in [0.4, 0.5) is 0 Å². The highest BCUT2D eigenvalue weighted by molar-refractivity contribution is 9.10. The second kappa shape index (κ2) is 7.60. The minimum absolute atomic E-state index is 0.102. The molecule has 0 saturated heterocycles. The van der Waals surface area contributed by atoms with Crippen molar-refractivity contribution < 1.29 is 24.2 Å². The number of benzene rings is 2. The molecule has 1 N–H and O–H groups in total. The molecule has 118 valence electrons. The maximum absolute atomic E-state index is 11.8. The van der Waals surface area contributed by atoms with Gasteiger partial charge in [-0.25, -0.2) is 9.59 Å². The summed E-state index contributed by atoms with van der Waals surface area (Å²) >= 11 is 3.18. The largest absolute Gasteiger partial charge is 0.497 e. The lowest BCUT2D eigenvalue weighted by molar-refractivity contribution is -0.128. The third-order valence-electron chi connectivity index (χ3n) is 2.92. The van der Waals surface area contributed by atoms with Crippen LogP contribution < -0.4 is 9.47 Å². The molecule has 0 radical (unpaired) electrons. The molecule has 0 fully saturated rings. The second-order valence-corrected chi connectivity index (χ2v) is 5.33. The molecule has 2 aromatic rings. The zero-order valence-corrected chi connectivity index (χ0v) is 13.7. The maximum Gasteiger partial charge on any atom is 0.336 e. The molecular weight excluding hydrogens is 364 g/mol. The van der Waals surface area contributed by atoms with Crippen molar-refractivity contribution in [2.24, 2.45) is 0 Å². The third-order valence-corrected chi connectivity index (χ3v) is 3.54. The number of hydrogen-bond donors (Lipinski definition) is 1. The SMILES string of the molecule is COc1ccc(/C=C/C(=O)Oc2ccc(C(=O)O)cc2Br)cc1. The lowest BCUT2D eigenvalue weighted by Gasteiger charge is -2.05. The first kappa shape index (κ1) is 16.8. The van der Waals surface area contributed by atoms with Crippen molar-refractivity contribution in [3.05, 3.63) is 64.1 Å². The fraction of sp³-hybridized carbons (Fsp3) is 0.0588. The van der Waals surface area contributed by atoms with Gasteiger partial charge in [-0.3, -0.25) is 0 Å². The normalized spacial score (nSPS) is 10.5. The van der Waals surface area contributed by atoms with E-state index in [0.29, 0.717) is 4.47 Å². The smallest absolute Gasteiger partial charge is 0.336 e. The molecule has 0 amide bonds. The molecule has 2 aromatic carbocycles. The molecule has 0 atom stereocenters. The Kier molecular flexibility index (Phi) is 5.54. The van der Waals surface area contributed by atoms with E-state index in [1.54, 1.807) is 37.5 Å². The van der Waals surface area contributed by atoms with Crippen molar-refractivity contribution in [2.75, 3.05) is 7.11 Å². The Balaban J connectivity index is 2.04. The quantitative estimate of drug-likeness (QED) is 0.488. The topological polar surface area (TPSA) is 72.8 Å². The van der Waals surface area contributed by atoms with Crippen molar-refractivity contribution in [1.29, 1.82) is 0 Å². The van der Waals surface area contributed by atoms with E-state index < -0.39 is 11.9 Å². The molecule has 0 aliphatic rings. The second-order valence-electron chi connectivity index (χ2n) is 4.48. The number of halogens is 1. The minimum Gasteiger partial charge on any atom is -0.497 e. The number of ether oxygens (including phenoxy) is 2. The van der Waals surface area contributed by atoms with Crippen molar-refractivity contribution in [3.8, 4) is 11.5 Å². The highest BCUT2D eigenvalue weighted by Crippen LogP contribution is 2.26. The average Bonchev–Trinajstić information content (AvgIpc) is 2.55. The number of methoxy groups -OCH3 is 1. The molecule has 0 spiro atoms. The summed E-state index contributed by atoms with van der Waals surface area (Å²) in [5.41, 5.74) is 0.925. The number of hydrogen-bond acceptors (Lipinski definition) is 4. The van der Waals surface area contributed by atoms with Crippen LogP contribution in [0.2, 0.25) is 0 Å². The molecule has 0 aliphatic heterocycles. The van der Waals surface area contributed by atoms with E-state index in [0.717, 1.165) is 11.3 Å². The van der Waals surface area contributed by atoms with Gasteiger partial charge in [0.1, 0.15) is 11.5 Å². The van der Waals surface area contributed by atoms with Gasteiger partial charge in [-0.05, 0) is 57.9 Å². The molecular formula is C17H13BrO5. The van der Waals surface area contributed by atoms with Crippen LogP contribution in [0.25, 0.3) is 6.08 Å². The Morgan fingerprint density at radius 3 is 2.39 bits per heavy atom. The number of rotatable bonds is 5. The van der Waals surface area contributed by atoms with Crippen molar-refractivity contribution in [3.63, 3.8) is 0 Å². The van der Waals surface area contributed by atoms with Crippen LogP contribution in [-0.4, -0.2) is 24.2 Å². The van der Waals surface area contributed by atoms with Gasteiger partial charge in [-0.2, -0.15) is 0 Å². The van der Waals surface area contributed by atoms with Crippen LogP contribution in [0, 0.1) is 0 Å². The van der Waals surface area contributed by atoms with Crippen molar-refractivity contribution >= 4 is 33.9 Å². The van der Waals surface area contributed by atoms with Gasteiger partial charge in [0.15, 0.2) is 0 Å². The Hall–Kier alpha value is -2.60. The fourth-order valence-corrected chi connectivity index (χ4v) is 2.20. The van der Waals surface area contributed by atoms with Gasteiger partial charge in [0.25, 0.3) is 0 Å². The number of carboxylic acid groups (broad SMARTS) is 1. The molecule has 0 heterocycles. The van der Waals surface area contributed by atoms with E-state index in [1.807, 2.05) is 0 Å². The van der Waals surface area contributed by atoms with Crippen LogP contribution in [0.5, 0.6) is 11.5 Å². The molecule has 0 bridgehead atoms. The molecule has 23 heavy (non-hydrogen) atoms. The minimum atomic E-state index is -1.05. The fourth-order valence-electron chi connectivity index (χ4n) is 1.74. The van der Waals surface area contributed by atoms with Gasteiger partial charge in [0.2, 0.25) is 0 Å². The first-order chi connectivity index (χ1) is 11.0. The summed E-state index contributed by atoms with van der Waals surface area (Å²) in [6.07, 6.45) is 2.90. The molecule has 5 nitrogen and oxygen atoms in total. The van der Waals surface area contributed by atoms with Gasteiger partial charge < -0.3 is 14.6 Å². The van der Waals surface area contributed by atoms with Gasteiger partial charge in [0.05, 0.1) is 17.1 Å². The van der Waals surface area contributed by atoms with E-state index in [-0.39, 0.29) is 11.3 Å². The number of aromatic carboxylic acids is 1. The van der Waals surface area contributed by atoms with Crippen LogP contribution >= 0.6 is 15.9 Å². The van der Waals surface area contributed by atoms with E-state index in [1.165, 1.54) is 24.3 Å². The lowest BCUT2D eigenvalue weighted by Crippen LogP contribution is -2.05. The summed E-state index contributed by atoms with van der Waals surface area (Å²) in [7, 11) is 1.58. The lowest BCUT2D eigenvalue weighted by atomic mass is 10.2. The average molecular weight is 377 g/mol. The van der Waals surface area contributed by atoms with Gasteiger partial charge in [-0.15, -0.1) is 0 Å². The Morgan fingerprint density at radius 2 is 1.83 bits per heavy atom. The standard InChI is InChI=1S/C17H13BrO5/c1-22-13-6-2-11(3-7-13)4-9-16(19)23-15-8-5-12(17(20)21)10-14(15)18/h2-10H,1H3,(H,20,21)/b9-4+. The number of carbonyl (C=O) groups is 2. The van der Waals surface area contributed by atoms with E-state index in [2.05, 4.69) is 15.9 Å². The van der Waals surface area contributed by atoms with Crippen LogP contribution in [0.3, 0.4) is 0 Å². The van der Waals surface area contributed by atoms with E-state index >= 15 is 0 Å². The van der Waals surface area contributed by atoms with Gasteiger partial charge in [0, 0.05) is 6.08 Å². The predicted octanol–water partition coefficient (Wildman–Crippen LogP) is 3.77. The highest BCUT2D eigenvalue weighted by Gasteiger charge is 2.09. The van der Waals surface area contributed by atoms with Crippen LogP contribution in [0.15, 0.2) is 53.0 Å². The Labute approximate surface area is 141 Å². The Bertz CT molecular complexity index is 750. The summed E-state index contributed by atoms with van der Waals surface area (Å²) < 4.78 is 10.6. The first-order valence-electron chi connectivity index (χ1n) is 6.56. The van der Waals surface area contributed by atoms with Crippen molar-refractivity contribution in [1.82, 2.24) is 0 Å². The summed E-state index contributed by atoms with van der Waals surface area (Å²) in [6, 6.07) is 11.3. The summed E-state index contributed by atoms with van der Waals surface area (Å²) in [6.45, 7) is 0. The molecule has 0 unspecified atom stereocenters. The number of carboxylic acids is 1. The molecule has 2 rings (SSSR count). The maximum atomic E-state index is 11.8. The number of esters is 1. The van der Waals surface area contributed by atoms with E-state index in [4.69, 9.17) is 14.6 Å². The van der Waals surface area contributed by atoms with E-state index in [9.17, 15) is 9.59 Å². The van der Waals surface area contributed by atoms with Gasteiger partial charge in [-0.1, -0.05) is 12.1 Å². The van der Waals surface area contributed by atoms with Gasteiger partial charge >= 0.3 is 11.9 Å². The number of carbonyl (C=O) groups excluding carboxylic acids is 1. The molecule has 6 heteroatoms. The summed E-state index contributed by atoms with van der Waals surface area (Å²) in [4.78, 5) is 22.7. The van der Waals surface area contributed by atoms with Crippen LogP contribution in [-0.2, 0) is 4.79 Å². The van der Waals surface area contributed by atoms with Crippen molar-refractivity contribution in [2.45, 2.75) is 0 Å². The third kappa shape index (κ3) is 4.69. The summed E-state index contributed by atoms with van der Waals surface area (Å²) in [5.74, 6) is -0.640. The zero-order valence-electron chi connectivity index (χ0n) is 12.2.